The van der Waals surface area contributed by atoms with Gasteiger partial charge in [0, 0.05) is 15.9 Å². The van der Waals surface area contributed by atoms with E-state index in [1.165, 1.54) is 0 Å². The van der Waals surface area contributed by atoms with Gasteiger partial charge in [0.25, 0.3) is 0 Å². The second-order valence-electron chi connectivity index (χ2n) is 6.79. The van der Waals surface area contributed by atoms with Gasteiger partial charge in [-0.15, -0.1) is 0 Å². The summed E-state index contributed by atoms with van der Waals surface area (Å²) in [5.74, 6) is 0. The second-order valence-corrected chi connectivity index (χ2v) is 32.0. The van der Waals surface area contributed by atoms with Crippen LogP contribution in [0.1, 0.15) is 13.8 Å². The topological polar surface area (TPSA) is 0 Å². The molecule has 0 heterocycles. The largest absolute Gasteiger partial charge is 0.0739 e. The maximum atomic E-state index is 2.61. The Balaban J connectivity index is 3.48. The molecule has 0 saturated heterocycles. The number of hydrogen-bond acceptors (Lipinski definition) is 0. The molecule has 0 nitrogen and oxygen atoms in total. The van der Waals surface area contributed by atoms with Crippen molar-refractivity contribution in [3.05, 3.63) is 30.3 Å². The first-order valence-electron chi connectivity index (χ1n) is 6.80. The zero-order chi connectivity index (χ0) is 13.3. The molecule has 0 radical (unpaired) electrons. The number of hydrogen-bond donors (Lipinski definition) is 0. The second kappa shape index (κ2) is 5.24. The first-order chi connectivity index (χ1) is 7.74. The van der Waals surface area contributed by atoms with Crippen molar-refractivity contribution in [2.75, 3.05) is 0 Å². The van der Waals surface area contributed by atoms with Crippen molar-refractivity contribution in [1.29, 1.82) is 0 Å². The van der Waals surface area contributed by atoms with Crippen molar-refractivity contribution < 1.29 is 0 Å². The minimum atomic E-state index is -1.25. The first kappa shape index (κ1) is 14.9. The summed E-state index contributed by atoms with van der Waals surface area (Å²) in [5, 5.41) is 1.75. The van der Waals surface area contributed by atoms with Crippen LogP contribution in [-0.4, -0.2) is 23.0 Å². The van der Waals surface area contributed by atoms with Crippen LogP contribution >= 0.6 is 0 Å². The van der Waals surface area contributed by atoms with Gasteiger partial charge in [-0.25, -0.2) is 0 Å². The lowest BCUT2D eigenvalue weighted by atomic mass is 10.4. The third-order valence-electron chi connectivity index (χ3n) is 4.31. The molecule has 96 valence electrons. The molecule has 17 heavy (non-hydrogen) atoms. The Labute approximate surface area is 111 Å². The van der Waals surface area contributed by atoms with E-state index < -0.39 is 23.0 Å². The Hall–Kier alpha value is -0.129. The molecule has 0 bridgehead atoms. The maximum Gasteiger partial charge on any atom is 0.0725 e. The monoisotopic (exact) mass is 280 g/mol. The minimum absolute atomic E-state index is 0.630. The highest BCUT2D eigenvalue weighted by Crippen LogP contribution is 2.32. The molecule has 0 spiro atoms. The van der Waals surface area contributed by atoms with E-state index in [4.69, 9.17) is 0 Å². The van der Waals surface area contributed by atoms with E-state index in [0.29, 0.717) is 0 Å². The lowest BCUT2D eigenvalue weighted by Crippen LogP contribution is -2.74. The Morgan fingerprint density at radius 3 is 1.71 bits per heavy atom. The zero-order valence-corrected chi connectivity index (χ0v) is 15.7. The summed E-state index contributed by atoms with van der Waals surface area (Å²) in [6, 6.07) is 11.5. The van der Waals surface area contributed by atoms with Crippen LogP contribution in [0.3, 0.4) is 0 Å². The highest BCUT2D eigenvalue weighted by Gasteiger charge is 2.51. The fraction of sp³-hybridized carbons (Fsp3) is 0.571. The SMILES string of the molecule is CC(C)[Si](c1ccccc1)([SiH](C)C)[Si](C)(C)C. The summed E-state index contributed by atoms with van der Waals surface area (Å²) in [6.45, 7) is 18.0. The van der Waals surface area contributed by atoms with Gasteiger partial charge in [-0.3, -0.25) is 0 Å². The summed E-state index contributed by atoms with van der Waals surface area (Å²) in [5.41, 5.74) is 0.892. The number of rotatable bonds is 4. The molecule has 3 heteroatoms. The Bertz CT molecular complexity index is 341. The van der Waals surface area contributed by atoms with Crippen molar-refractivity contribution in [2.45, 2.75) is 52.1 Å². The van der Waals surface area contributed by atoms with Crippen molar-refractivity contribution in [3.63, 3.8) is 0 Å². The van der Waals surface area contributed by atoms with Gasteiger partial charge >= 0.3 is 0 Å². The van der Waals surface area contributed by atoms with Crippen LogP contribution in [0.2, 0.25) is 38.3 Å². The molecule has 0 aliphatic rings. The van der Waals surface area contributed by atoms with Gasteiger partial charge in [-0.1, -0.05) is 87.6 Å². The Kier molecular flexibility index (Phi) is 4.61. The van der Waals surface area contributed by atoms with E-state index >= 15 is 0 Å². The smallest absolute Gasteiger partial charge is 0.0725 e. The van der Waals surface area contributed by atoms with Crippen LogP contribution in [0.5, 0.6) is 0 Å². The van der Waals surface area contributed by atoms with Crippen LogP contribution in [0, 0.1) is 0 Å². The standard InChI is InChI=1S/C14H28Si3/c1-13(2)17(15(3)4,16(5,6)7)14-11-9-8-10-12-14/h8-13,15H,1-7H3. The van der Waals surface area contributed by atoms with E-state index in [9.17, 15) is 0 Å². The lowest BCUT2D eigenvalue weighted by Gasteiger charge is -2.48. The Morgan fingerprint density at radius 2 is 1.41 bits per heavy atom. The normalized spacial score (nSPS) is 16.3. The van der Waals surface area contributed by atoms with E-state index in [-0.39, 0.29) is 0 Å². The predicted octanol–water partition coefficient (Wildman–Crippen LogP) is 3.73. The quantitative estimate of drug-likeness (QED) is 0.737. The molecular weight excluding hydrogens is 252 g/mol. The van der Waals surface area contributed by atoms with Crippen molar-refractivity contribution in [1.82, 2.24) is 0 Å². The van der Waals surface area contributed by atoms with Gasteiger partial charge in [0.1, 0.15) is 0 Å². The number of benzene rings is 1. The molecule has 1 rings (SSSR count). The third-order valence-corrected chi connectivity index (χ3v) is 43.2. The molecule has 1 aromatic rings. The highest BCUT2D eigenvalue weighted by atomic mass is 29.6. The van der Waals surface area contributed by atoms with Crippen molar-refractivity contribution in [2.24, 2.45) is 0 Å². The average molecular weight is 281 g/mol. The van der Waals surface area contributed by atoms with Gasteiger partial charge in [0.05, 0.1) is 7.11 Å². The van der Waals surface area contributed by atoms with Gasteiger partial charge in [0.15, 0.2) is 0 Å². The molecule has 0 saturated carbocycles. The molecule has 1 unspecified atom stereocenters. The summed E-state index contributed by atoms with van der Waals surface area (Å²) in [4.78, 5) is 0. The van der Waals surface area contributed by atoms with Crippen LogP contribution in [0.15, 0.2) is 30.3 Å². The van der Waals surface area contributed by atoms with Crippen molar-refractivity contribution >= 4 is 28.2 Å². The fourth-order valence-electron chi connectivity index (χ4n) is 4.21. The van der Waals surface area contributed by atoms with Crippen LogP contribution in [0.25, 0.3) is 0 Å². The first-order valence-corrected chi connectivity index (χ1v) is 17.5. The highest BCUT2D eigenvalue weighted by molar-refractivity contribution is 7.69. The Morgan fingerprint density at radius 1 is 0.941 bits per heavy atom. The molecule has 1 atom stereocenters. The van der Waals surface area contributed by atoms with Gasteiger partial charge in [-0.2, -0.15) is 0 Å². The summed E-state index contributed by atoms with van der Waals surface area (Å²) in [6.07, 6.45) is 0. The third kappa shape index (κ3) is 2.51. The molecule has 0 aliphatic heterocycles. The molecule has 0 amide bonds. The van der Waals surface area contributed by atoms with Crippen LogP contribution in [-0.2, 0) is 0 Å². The molecule has 0 aromatic heterocycles. The maximum absolute atomic E-state index is 2.61. The molecular formula is C14H28Si3. The predicted molar refractivity (Wildman–Crippen MR) is 89.2 cm³/mol. The molecule has 0 N–H and O–H groups in total. The zero-order valence-electron chi connectivity index (χ0n) is 12.5. The van der Waals surface area contributed by atoms with E-state index in [1.54, 1.807) is 5.19 Å². The summed E-state index contributed by atoms with van der Waals surface area (Å²) in [7, 11) is -2.98. The van der Waals surface area contributed by atoms with Gasteiger partial charge < -0.3 is 0 Å². The van der Waals surface area contributed by atoms with Crippen molar-refractivity contribution in [3.8, 4) is 0 Å². The molecule has 0 aliphatic carbocycles. The van der Waals surface area contributed by atoms with E-state index in [0.717, 1.165) is 5.54 Å². The summed E-state index contributed by atoms with van der Waals surface area (Å²) >= 11 is 0. The van der Waals surface area contributed by atoms with Gasteiger partial charge in [-0.05, 0) is 0 Å². The van der Waals surface area contributed by atoms with E-state index in [2.05, 4.69) is 76.9 Å². The van der Waals surface area contributed by atoms with E-state index in [1.807, 2.05) is 0 Å². The average Bonchev–Trinajstić information content (AvgIpc) is 2.16. The molecule has 0 fully saturated rings. The molecule has 1 aromatic carbocycles. The minimum Gasteiger partial charge on any atom is -0.0739 e. The fourth-order valence-corrected chi connectivity index (χ4v) is 47.6. The summed E-state index contributed by atoms with van der Waals surface area (Å²) < 4.78 is 0. The van der Waals surface area contributed by atoms with Crippen LogP contribution in [0.4, 0.5) is 0 Å². The van der Waals surface area contributed by atoms with Crippen LogP contribution < -0.4 is 5.19 Å². The van der Waals surface area contributed by atoms with Gasteiger partial charge in [0.2, 0.25) is 0 Å². The lowest BCUT2D eigenvalue weighted by molar-refractivity contribution is 1.05.